The SMILES string of the molecule is COc1cc2c(cc1OC)C(C(C)NC(=O)c1ccccc1)N(Cc1ccccc1F)CC2. The normalized spacial score (nSPS) is 16.5. The van der Waals surface area contributed by atoms with Gasteiger partial charge in [0.25, 0.3) is 5.91 Å². The lowest BCUT2D eigenvalue weighted by Crippen LogP contribution is -2.47. The van der Waals surface area contributed by atoms with Crippen LogP contribution in [0.2, 0.25) is 0 Å². The van der Waals surface area contributed by atoms with Crippen molar-refractivity contribution in [2.24, 2.45) is 0 Å². The molecule has 4 rings (SSSR count). The lowest BCUT2D eigenvalue weighted by molar-refractivity contribution is 0.0875. The molecule has 1 aliphatic rings. The van der Waals surface area contributed by atoms with Crippen molar-refractivity contribution in [3.8, 4) is 11.5 Å². The third-order valence-corrected chi connectivity index (χ3v) is 6.23. The van der Waals surface area contributed by atoms with Crippen molar-refractivity contribution in [2.75, 3.05) is 20.8 Å². The summed E-state index contributed by atoms with van der Waals surface area (Å²) in [5.74, 6) is 0.950. The Balaban J connectivity index is 1.70. The molecule has 0 saturated heterocycles. The van der Waals surface area contributed by atoms with Gasteiger partial charge in [0.15, 0.2) is 11.5 Å². The van der Waals surface area contributed by atoms with E-state index in [0.29, 0.717) is 29.2 Å². The molecule has 3 aromatic carbocycles. The molecule has 0 radical (unpaired) electrons. The van der Waals surface area contributed by atoms with Crippen LogP contribution in [0, 0.1) is 5.82 Å². The zero-order valence-corrected chi connectivity index (χ0v) is 19.2. The number of amides is 1. The summed E-state index contributed by atoms with van der Waals surface area (Å²) >= 11 is 0. The Labute approximate surface area is 194 Å². The molecule has 2 unspecified atom stereocenters. The van der Waals surface area contributed by atoms with E-state index in [4.69, 9.17) is 9.47 Å². The van der Waals surface area contributed by atoms with E-state index >= 15 is 0 Å². The van der Waals surface area contributed by atoms with E-state index in [1.807, 2.05) is 49.4 Å². The van der Waals surface area contributed by atoms with Crippen molar-refractivity contribution < 1.29 is 18.7 Å². The van der Waals surface area contributed by atoms with E-state index in [0.717, 1.165) is 24.1 Å². The largest absolute Gasteiger partial charge is 0.493 e. The van der Waals surface area contributed by atoms with Gasteiger partial charge < -0.3 is 14.8 Å². The molecule has 0 fully saturated rings. The fraction of sp³-hybridized carbons (Fsp3) is 0.296. The highest BCUT2D eigenvalue weighted by atomic mass is 19.1. The van der Waals surface area contributed by atoms with E-state index in [1.54, 1.807) is 32.4 Å². The van der Waals surface area contributed by atoms with Crippen LogP contribution in [0.25, 0.3) is 0 Å². The van der Waals surface area contributed by atoms with Crippen molar-refractivity contribution in [3.63, 3.8) is 0 Å². The maximum absolute atomic E-state index is 14.5. The molecule has 0 aliphatic carbocycles. The Bertz CT molecular complexity index is 1120. The summed E-state index contributed by atoms with van der Waals surface area (Å²) in [6, 6.07) is 19.6. The minimum atomic E-state index is -0.235. The summed E-state index contributed by atoms with van der Waals surface area (Å²) in [5, 5.41) is 3.16. The van der Waals surface area contributed by atoms with Gasteiger partial charge in [-0.3, -0.25) is 9.69 Å². The van der Waals surface area contributed by atoms with E-state index in [9.17, 15) is 9.18 Å². The van der Waals surface area contributed by atoms with Crippen molar-refractivity contribution in [3.05, 3.63) is 94.8 Å². The van der Waals surface area contributed by atoms with Gasteiger partial charge in [-0.05, 0) is 54.8 Å². The smallest absolute Gasteiger partial charge is 0.251 e. The second-order valence-electron chi connectivity index (χ2n) is 8.29. The maximum atomic E-state index is 14.5. The lowest BCUT2D eigenvalue weighted by atomic mass is 9.87. The van der Waals surface area contributed by atoms with Crippen LogP contribution < -0.4 is 14.8 Å². The fourth-order valence-electron chi connectivity index (χ4n) is 4.60. The Morgan fingerprint density at radius 3 is 2.42 bits per heavy atom. The highest BCUT2D eigenvalue weighted by Gasteiger charge is 2.34. The first kappa shape index (κ1) is 22.8. The van der Waals surface area contributed by atoms with Crippen LogP contribution in [0.4, 0.5) is 4.39 Å². The zero-order chi connectivity index (χ0) is 23.4. The highest BCUT2D eigenvalue weighted by molar-refractivity contribution is 5.94. The van der Waals surface area contributed by atoms with Crippen LogP contribution in [-0.2, 0) is 13.0 Å². The predicted octanol–water partition coefficient (Wildman–Crippen LogP) is 4.76. The van der Waals surface area contributed by atoms with Crippen LogP contribution in [0.1, 0.15) is 40.0 Å². The number of halogens is 1. The lowest BCUT2D eigenvalue weighted by Gasteiger charge is -2.41. The first-order chi connectivity index (χ1) is 16.0. The molecule has 33 heavy (non-hydrogen) atoms. The number of ether oxygens (including phenoxy) is 2. The molecule has 6 heteroatoms. The molecule has 1 N–H and O–H groups in total. The van der Waals surface area contributed by atoms with Crippen molar-refractivity contribution in [1.29, 1.82) is 0 Å². The quantitative estimate of drug-likeness (QED) is 0.566. The van der Waals surface area contributed by atoms with Gasteiger partial charge in [-0.2, -0.15) is 0 Å². The molecule has 1 amide bonds. The first-order valence-corrected chi connectivity index (χ1v) is 11.1. The fourth-order valence-corrected chi connectivity index (χ4v) is 4.60. The number of hydrogen-bond acceptors (Lipinski definition) is 4. The highest BCUT2D eigenvalue weighted by Crippen LogP contribution is 2.40. The second-order valence-corrected chi connectivity index (χ2v) is 8.29. The Morgan fingerprint density at radius 2 is 1.73 bits per heavy atom. The molecule has 0 aromatic heterocycles. The molecule has 1 aliphatic heterocycles. The molecular weight excluding hydrogens is 419 g/mol. The summed E-state index contributed by atoms with van der Waals surface area (Å²) in [6.07, 6.45) is 0.792. The van der Waals surface area contributed by atoms with Crippen LogP contribution in [-0.4, -0.2) is 37.6 Å². The monoisotopic (exact) mass is 448 g/mol. The summed E-state index contributed by atoms with van der Waals surface area (Å²) in [7, 11) is 3.23. The van der Waals surface area contributed by atoms with E-state index in [1.165, 1.54) is 6.07 Å². The number of rotatable bonds is 7. The van der Waals surface area contributed by atoms with Gasteiger partial charge in [0.05, 0.1) is 20.3 Å². The van der Waals surface area contributed by atoms with Crippen LogP contribution in [0.3, 0.4) is 0 Å². The summed E-state index contributed by atoms with van der Waals surface area (Å²) in [4.78, 5) is 15.1. The predicted molar refractivity (Wildman–Crippen MR) is 126 cm³/mol. The number of hydrogen-bond donors (Lipinski definition) is 1. The molecule has 0 spiro atoms. The molecule has 2 atom stereocenters. The summed E-state index contributed by atoms with van der Waals surface area (Å²) in [5.41, 5.74) is 3.43. The van der Waals surface area contributed by atoms with E-state index < -0.39 is 0 Å². The number of carbonyl (C=O) groups is 1. The summed E-state index contributed by atoms with van der Waals surface area (Å²) < 4.78 is 25.5. The van der Waals surface area contributed by atoms with Crippen LogP contribution in [0.15, 0.2) is 66.7 Å². The summed E-state index contributed by atoms with van der Waals surface area (Å²) in [6.45, 7) is 3.16. The topological polar surface area (TPSA) is 50.8 Å². The Morgan fingerprint density at radius 1 is 1.06 bits per heavy atom. The minimum absolute atomic E-state index is 0.137. The number of methoxy groups -OCH3 is 2. The van der Waals surface area contributed by atoms with Gasteiger partial charge in [-0.25, -0.2) is 4.39 Å². The Hall–Kier alpha value is -3.38. The molecule has 0 saturated carbocycles. The van der Waals surface area contributed by atoms with E-state index in [-0.39, 0.29) is 23.8 Å². The Kier molecular flexibility index (Phi) is 6.94. The van der Waals surface area contributed by atoms with Crippen LogP contribution in [0.5, 0.6) is 11.5 Å². The second kappa shape index (κ2) is 10.0. The molecule has 172 valence electrons. The van der Waals surface area contributed by atoms with Gasteiger partial charge in [0.2, 0.25) is 0 Å². The minimum Gasteiger partial charge on any atom is -0.493 e. The molecule has 5 nitrogen and oxygen atoms in total. The van der Waals surface area contributed by atoms with Crippen molar-refractivity contribution >= 4 is 5.91 Å². The molecule has 3 aromatic rings. The molecule has 0 bridgehead atoms. The van der Waals surface area contributed by atoms with Crippen LogP contribution >= 0.6 is 0 Å². The number of fused-ring (bicyclic) bond motifs is 1. The maximum Gasteiger partial charge on any atom is 0.251 e. The van der Waals surface area contributed by atoms with Crippen molar-refractivity contribution in [1.82, 2.24) is 10.2 Å². The first-order valence-electron chi connectivity index (χ1n) is 11.1. The number of benzene rings is 3. The van der Waals surface area contributed by atoms with E-state index in [2.05, 4.69) is 10.2 Å². The number of nitrogens with one attached hydrogen (secondary N) is 1. The number of nitrogens with zero attached hydrogens (tertiary/aromatic N) is 1. The molecular formula is C27H29FN2O3. The average Bonchev–Trinajstić information content (AvgIpc) is 2.84. The zero-order valence-electron chi connectivity index (χ0n) is 19.2. The molecule has 1 heterocycles. The van der Waals surface area contributed by atoms with Gasteiger partial charge in [-0.15, -0.1) is 0 Å². The third kappa shape index (κ3) is 4.86. The van der Waals surface area contributed by atoms with Gasteiger partial charge in [0, 0.05) is 30.3 Å². The van der Waals surface area contributed by atoms with Crippen molar-refractivity contribution in [2.45, 2.75) is 32.0 Å². The standard InChI is InChI=1S/C27H29FN2O3/c1-18(29-27(31)19-9-5-4-6-10-19)26-22-16-25(33-3)24(32-2)15-20(22)13-14-30(26)17-21-11-7-8-12-23(21)28/h4-12,15-16,18,26H,13-14,17H2,1-3H3,(H,29,31). The van der Waals surface area contributed by atoms with Gasteiger partial charge in [0.1, 0.15) is 5.82 Å². The van der Waals surface area contributed by atoms with Gasteiger partial charge >= 0.3 is 0 Å². The number of carbonyl (C=O) groups excluding carboxylic acids is 1. The van der Waals surface area contributed by atoms with Gasteiger partial charge in [-0.1, -0.05) is 36.4 Å². The average molecular weight is 449 g/mol. The third-order valence-electron chi connectivity index (χ3n) is 6.23.